The monoisotopic (exact) mass is 204 g/mol. The number of halogens is 1. The fourth-order valence-electron chi connectivity index (χ4n) is 0.496. The molecule has 0 aliphatic carbocycles. The summed E-state index contributed by atoms with van der Waals surface area (Å²) in [7, 11) is 0. The van der Waals surface area contributed by atoms with E-state index in [-0.39, 0.29) is 5.75 Å². The van der Waals surface area contributed by atoms with Crippen LogP contribution in [-0.4, -0.2) is 5.11 Å². The minimum absolute atomic E-state index is 0.243. The van der Waals surface area contributed by atoms with Gasteiger partial charge in [0.15, 0.2) is 0 Å². The van der Waals surface area contributed by atoms with E-state index in [2.05, 4.69) is 28.6 Å². The van der Waals surface area contributed by atoms with Gasteiger partial charge in [0, 0.05) is 4.90 Å². The summed E-state index contributed by atoms with van der Waals surface area (Å²) in [6, 6.07) is 5.05. The molecule has 0 saturated carbocycles. The molecule has 0 atom stereocenters. The van der Waals surface area contributed by atoms with Crippen molar-refractivity contribution in [2.75, 3.05) is 0 Å². The van der Waals surface area contributed by atoms with Gasteiger partial charge in [-0.15, -0.1) is 12.6 Å². The second-order valence-corrected chi connectivity index (χ2v) is 3.01. The van der Waals surface area contributed by atoms with Gasteiger partial charge < -0.3 is 5.11 Å². The quantitative estimate of drug-likeness (QED) is 0.623. The summed E-state index contributed by atoms with van der Waals surface area (Å²) in [6.45, 7) is 0. The van der Waals surface area contributed by atoms with Crippen molar-refractivity contribution < 1.29 is 5.11 Å². The van der Waals surface area contributed by atoms with Gasteiger partial charge in [0.25, 0.3) is 0 Å². The Kier molecular flexibility index (Phi) is 2.03. The minimum Gasteiger partial charge on any atom is -0.507 e. The van der Waals surface area contributed by atoms with Crippen LogP contribution in [0.15, 0.2) is 27.6 Å². The predicted molar refractivity (Wildman–Crippen MR) is 43.1 cm³/mol. The minimum atomic E-state index is 0.243. The van der Waals surface area contributed by atoms with E-state index < -0.39 is 0 Å². The Labute approximate surface area is 67.2 Å². The van der Waals surface area contributed by atoms with Crippen molar-refractivity contribution in [1.82, 2.24) is 0 Å². The first-order valence-corrected chi connectivity index (χ1v) is 3.61. The first-order chi connectivity index (χ1) is 4.20. The number of phenolic OH excluding ortho intramolecular Hbond substituents is 1. The maximum absolute atomic E-state index is 8.96. The van der Waals surface area contributed by atoms with Crippen molar-refractivity contribution in [3.05, 3.63) is 22.7 Å². The molecule has 0 saturated heterocycles. The lowest BCUT2D eigenvalue weighted by atomic mass is 10.3. The van der Waals surface area contributed by atoms with E-state index in [1.165, 1.54) is 0 Å². The molecule has 0 unspecified atom stereocenters. The van der Waals surface area contributed by atoms with Crippen molar-refractivity contribution in [3.8, 4) is 5.75 Å². The first-order valence-electron chi connectivity index (χ1n) is 2.37. The molecule has 1 N–H and O–H groups in total. The molecule has 48 valence electrons. The van der Waals surface area contributed by atoms with Gasteiger partial charge in [-0.1, -0.05) is 0 Å². The molecule has 0 spiro atoms. The molecule has 0 heterocycles. The maximum atomic E-state index is 8.96. The molecule has 0 aliphatic rings. The van der Waals surface area contributed by atoms with E-state index in [1.54, 1.807) is 18.2 Å². The Morgan fingerprint density at radius 1 is 1.44 bits per heavy atom. The van der Waals surface area contributed by atoms with Gasteiger partial charge in [-0.05, 0) is 34.1 Å². The third-order valence-corrected chi connectivity index (χ3v) is 1.84. The fourth-order valence-corrected chi connectivity index (χ4v) is 1.26. The molecule has 0 aliphatic heterocycles. The summed E-state index contributed by atoms with van der Waals surface area (Å²) in [5, 5.41) is 8.96. The van der Waals surface area contributed by atoms with Gasteiger partial charge in [-0.25, -0.2) is 0 Å². The zero-order valence-corrected chi connectivity index (χ0v) is 6.98. The summed E-state index contributed by atoms with van der Waals surface area (Å²) in [6.07, 6.45) is 0. The molecule has 0 amide bonds. The standard InChI is InChI=1S/C6H5BrOS/c7-5-3-4(9)1-2-6(5)8/h1-3,8-9H. The van der Waals surface area contributed by atoms with Crippen LogP contribution in [0.3, 0.4) is 0 Å². The summed E-state index contributed by atoms with van der Waals surface area (Å²) >= 11 is 7.21. The highest BCUT2D eigenvalue weighted by molar-refractivity contribution is 9.10. The van der Waals surface area contributed by atoms with Gasteiger partial charge in [0.05, 0.1) is 4.47 Å². The first kappa shape index (κ1) is 6.96. The number of benzene rings is 1. The van der Waals surface area contributed by atoms with Crippen LogP contribution in [0.25, 0.3) is 0 Å². The van der Waals surface area contributed by atoms with Crippen LogP contribution in [0.2, 0.25) is 0 Å². The second kappa shape index (κ2) is 2.62. The highest BCUT2D eigenvalue weighted by Gasteiger charge is 1.94. The Morgan fingerprint density at radius 2 is 2.11 bits per heavy atom. The average Bonchev–Trinajstić information content (AvgIpc) is 1.80. The lowest BCUT2D eigenvalue weighted by molar-refractivity contribution is 0.471. The molecule has 9 heavy (non-hydrogen) atoms. The topological polar surface area (TPSA) is 20.2 Å². The van der Waals surface area contributed by atoms with Gasteiger partial charge in [-0.2, -0.15) is 0 Å². The lowest BCUT2D eigenvalue weighted by Crippen LogP contribution is -1.67. The SMILES string of the molecule is Oc1ccc(S)cc1Br. The smallest absolute Gasteiger partial charge is 0.129 e. The zero-order chi connectivity index (χ0) is 6.85. The normalized spacial score (nSPS) is 9.56. The van der Waals surface area contributed by atoms with E-state index in [0.717, 1.165) is 4.90 Å². The fraction of sp³-hybridized carbons (Fsp3) is 0. The molecular weight excluding hydrogens is 200 g/mol. The molecule has 1 nitrogen and oxygen atoms in total. The van der Waals surface area contributed by atoms with Gasteiger partial charge in [0.1, 0.15) is 5.75 Å². The molecule has 1 rings (SSSR count). The summed E-state index contributed by atoms with van der Waals surface area (Å²) < 4.78 is 0.676. The second-order valence-electron chi connectivity index (χ2n) is 1.64. The lowest BCUT2D eigenvalue weighted by Gasteiger charge is -1.94. The zero-order valence-electron chi connectivity index (χ0n) is 4.50. The number of thiol groups is 1. The van der Waals surface area contributed by atoms with Crippen LogP contribution in [-0.2, 0) is 0 Å². The molecule has 1 aromatic carbocycles. The third kappa shape index (κ3) is 1.63. The van der Waals surface area contributed by atoms with Crippen LogP contribution < -0.4 is 0 Å². The van der Waals surface area contributed by atoms with Crippen LogP contribution in [0.1, 0.15) is 0 Å². The summed E-state index contributed by atoms with van der Waals surface area (Å²) in [5.41, 5.74) is 0. The van der Waals surface area contributed by atoms with Gasteiger partial charge in [-0.3, -0.25) is 0 Å². The third-order valence-electron chi connectivity index (χ3n) is 0.931. The van der Waals surface area contributed by atoms with Crippen molar-refractivity contribution >= 4 is 28.6 Å². The Morgan fingerprint density at radius 3 is 2.56 bits per heavy atom. The highest BCUT2D eigenvalue weighted by atomic mass is 79.9. The maximum Gasteiger partial charge on any atom is 0.129 e. The van der Waals surface area contributed by atoms with Crippen LogP contribution in [0.5, 0.6) is 5.75 Å². The van der Waals surface area contributed by atoms with E-state index in [9.17, 15) is 0 Å². The molecule has 0 fully saturated rings. The number of rotatable bonds is 0. The summed E-state index contributed by atoms with van der Waals surface area (Å²) in [4.78, 5) is 0.833. The van der Waals surface area contributed by atoms with E-state index in [4.69, 9.17) is 5.11 Å². The molecule has 1 aromatic rings. The van der Waals surface area contributed by atoms with Crippen LogP contribution in [0.4, 0.5) is 0 Å². The molecule has 0 bridgehead atoms. The molecule has 0 radical (unpaired) electrons. The highest BCUT2D eigenvalue weighted by Crippen LogP contribution is 2.25. The molecule has 0 aromatic heterocycles. The van der Waals surface area contributed by atoms with Crippen LogP contribution >= 0.6 is 28.6 Å². The number of hydrogen-bond acceptors (Lipinski definition) is 2. The van der Waals surface area contributed by atoms with E-state index in [1.807, 2.05) is 0 Å². The van der Waals surface area contributed by atoms with Gasteiger partial charge >= 0.3 is 0 Å². The number of phenols is 1. The van der Waals surface area contributed by atoms with Crippen molar-refractivity contribution in [1.29, 1.82) is 0 Å². The Balaban J connectivity index is 3.17. The molecular formula is C6H5BrOS. The summed E-state index contributed by atoms with van der Waals surface area (Å²) in [5.74, 6) is 0.243. The Hall–Kier alpha value is -0.150. The average molecular weight is 205 g/mol. The van der Waals surface area contributed by atoms with Gasteiger partial charge in [0.2, 0.25) is 0 Å². The molecule has 3 heteroatoms. The number of aromatic hydroxyl groups is 1. The van der Waals surface area contributed by atoms with Crippen molar-refractivity contribution in [2.45, 2.75) is 4.90 Å². The largest absolute Gasteiger partial charge is 0.507 e. The number of hydrogen-bond donors (Lipinski definition) is 2. The van der Waals surface area contributed by atoms with E-state index >= 15 is 0 Å². The van der Waals surface area contributed by atoms with Crippen molar-refractivity contribution in [2.24, 2.45) is 0 Å². The van der Waals surface area contributed by atoms with Crippen molar-refractivity contribution in [3.63, 3.8) is 0 Å². The van der Waals surface area contributed by atoms with Crippen LogP contribution in [0, 0.1) is 0 Å². The predicted octanol–water partition coefficient (Wildman–Crippen LogP) is 2.44. The Bertz CT molecular complexity index is 224. The van der Waals surface area contributed by atoms with E-state index in [0.29, 0.717) is 4.47 Å².